The number of aliphatic hydroxyl groups is 2. The van der Waals surface area contributed by atoms with E-state index in [2.05, 4.69) is 0 Å². The summed E-state index contributed by atoms with van der Waals surface area (Å²) in [6.45, 7) is 8.72. The molecule has 0 saturated carbocycles. The lowest BCUT2D eigenvalue weighted by Crippen LogP contribution is -2.38. The Bertz CT molecular complexity index is 2170. The Kier molecular flexibility index (Phi) is 14.2. The normalized spacial score (nSPS) is 15.3. The molecular formula is C44H54N2O14. The molecule has 2 aromatic carbocycles. The van der Waals surface area contributed by atoms with Crippen LogP contribution in [0.4, 0.5) is 0 Å². The molecule has 60 heavy (non-hydrogen) atoms. The molecule has 16 nitrogen and oxygen atoms in total. The lowest BCUT2D eigenvalue weighted by molar-refractivity contribution is 0.0217. The average molecular weight is 835 g/mol. The van der Waals surface area contributed by atoms with Gasteiger partial charge in [-0.05, 0) is 75.9 Å². The van der Waals surface area contributed by atoms with Gasteiger partial charge < -0.3 is 58.0 Å². The SMILES string of the molecule is COCCCOc1cc2c(cc1OC)-c1cc(=O)c(C(=O)O)cn1[C@@H](C(C)(C)O)C2.COCCCOc1cc2c(cc1OC)-c1cc(=O)c(C(=O)O)cn1[C@H](C(C)(C)O)C2. The third-order valence-corrected chi connectivity index (χ3v) is 10.6. The molecule has 0 saturated heterocycles. The first-order valence-corrected chi connectivity index (χ1v) is 19.4. The van der Waals surface area contributed by atoms with Gasteiger partial charge in [-0.15, -0.1) is 0 Å². The van der Waals surface area contributed by atoms with Crippen molar-refractivity contribution in [3.05, 3.63) is 91.5 Å². The Balaban J connectivity index is 0.000000228. The lowest BCUT2D eigenvalue weighted by atomic mass is 9.85. The Labute approximate surface area is 347 Å². The van der Waals surface area contributed by atoms with E-state index < -0.39 is 46.1 Å². The van der Waals surface area contributed by atoms with Gasteiger partial charge in [0.05, 0.1) is 62.1 Å². The highest BCUT2D eigenvalue weighted by Gasteiger charge is 2.37. The quantitative estimate of drug-likeness (QED) is 0.109. The summed E-state index contributed by atoms with van der Waals surface area (Å²) < 4.78 is 36.1. The number of methoxy groups -OCH3 is 4. The topological polar surface area (TPSA) is 214 Å². The van der Waals surface area contributed by atoms with E-state index in [1.54, 1.807) is 63.2 Å². The lowest BCUT2D eigenvalue weighted by Gasteiger charge is -2.38. The Morgan fingerprint density at radius 2 is 0.967 bits per heavy atom. The molecule has 0 amide bonds. The summed E-state index contributed by atoms with van der Waals surface area (Å²) in [5.74, 6) is -0.441. The molecule has 2 atom stereocenters. The molecule has 0 fully saturated rings. The first-order chi connectivity index (χ1) is 28.3. The molecule has 0 spiro atoms. The Hall–Kier alpha value is -5.68. The Morgan fingerprint density at radius 3 is 1.27 bits per heavy atom. The highest BCUT2D eigenvalue weighted by Crippen LogP contribution is 2.45. The minimum atomic E-state index is -1.30. The van der Waals surface area contributed by atoms with Crippen LogP contribution in [0.25, 0.3) is 22.5 Å². The number of benzene rings is 2. The number of aromatic nitrogens is 2. The minimum absolute atomic E-state index is 0.332. The number of fused-ring (bicyclic) bond motifs is 6. The molecule has 4 heterocycles. The molecule has 4 aromatic rings. The summed E-state index contributed by atoms with van der Waals surface area (Å²) >= 11 is 0. The number of pyridine rings is 2. The number of carboxylic acids is 2. The van der Waals surface area contributed by atoms with Gasteiger partial charge in [0, 0.05) is 75.9 Å². The van der Waals surface area contributed by atoms with E-state index in [-0.39, 0.29) is 11.1 Å². The summed E-state index contributed by atoms with van der Waals surface area (Å²) in [7, 11) is 6.33. The van der Waals surface area contributed by atoms with Crippen LogP contribution in [0, 0.1) is 0 Å². The molecule has 4 N–H and O–H groups in total. The fraction of sp³-hybridized carbons (Fsp3) is 0.455. The van der Waals surface area contributed by atoms with Crippen molar-refractivity contribution < 1.29 is 58.4 Å². The van der Waals surface area contributed by atoms with Crippen LogP contribution in [0.2, 0.25) is 0 Å². The monoisotopic (exact) mass is 834 g/mol. The molecule has 6 rings (SSSR count). The number of aromatic carboxylic acids is 2. The molecule has 2 aromatic heterocycles. The summed E-state index contributed by atoms with van der Waals surface area (Å²) in [6.07, 6.45) is 4.94. The average Bonchev–Trinajstić information content (AvgIpc) is 3.18. The van der Waals surface area contributed by atoms with Crippen molar-refractivity contribution >= 4 is 11.9 Å². The zero-order chi connectivity index (χ0) is 44.1. The van der Waals surface area contributed by atoms with Crippen LogP contribution in [-0.4, -0.2) is 108 Å². The van der Waals surface area contributed by atoms with Crippen molar-refractivity contribution in [3.63, 3.8) is 0 Å². The highest BCUT2D eigenvalue weighted by atomic mass is 16.5. The smallest absolute Gasteiger partial charge is 0.341 e. The van der Waals surface area contributed by atoms with E-state index in [0.29, 0.717) is 73.7 Å². The second-order valence-electron chi connectivity index (χ2n) is 15.8. The third-order valence-electron chi connectivity index (χ3n) is 10.6. The van der Waals surface area contributed by atoms with Crippen LogP contribution in [0.3, 0.4) is 0 Å². The van der Waals surface area contributed by atoms with Crippen molar-refractivity contribution in [2.75, 3.05) is 54.9 Å². The van der Waals surface area contributed by atoms with E-state index in [1.165, 1.54) is 38.7 Å². The summed E-state index contributed by atoms with van der Waals surface area (Å²) in [4.78, 5) is 47.8. The number of rotatable bonds is 16. The molecule has 2 aliphatic heterocycles. The standard InChI is InChI=1S/2C22H27NO7/c2*1-22(2,27)20-9-13-8-19(30-7-5-6-28-3)18(29-4)10-14(13)16-11-17(24)15(21(25)26)12-23(16)20/h2*8,10-12,20,27H,5-7,9H2,1-4H3,(H,25,26)/t2*20-/m10/s1. The van der Waals surface area contributed by atoms with E-state index in [1.807, 2.05) is 12.1 Å². The van der Waals surface area contributed by atoms with Gasteiger partial charge in [0.1, 0.15) is 11.1 Å². The van der Waals surface area contributed by atoms with Gasteiger partial charge in [0.2, 0.25) is 0 Å². The predicted octanol–water partition coefficient (Wildman–Crippen LogP) is 5.01. The van der Waals surface area contributed by atoms with Crippen molar-refractivity contribution in [1.29, 1.82) is 0 Å². The van der Waals surface area contributed by atoms with Crippen molar-refractivity contribution in [2.24, 2.45) is 0 Å². The number of ether oxygens (including phenoxy) is 6. The molecule has 0 bridgehead atoms. The van der Waals surface area contributed by atoms with E-state index in [9.17, 15) is 39.6 Å². The van der Waals surface area contributed by atoms with Gasteiger partial charge in [0.15, 0.2) is 33.9 Å². The molecule has 324 valence electrons. The highest BCUT2D eigenvalue weighted by molar-refractivity contribution is 5.88. The fourth-order valence-corrected chi connectivity index (χ4v) is 7.50. The zero-order valence-electron chi connectivity index (χ0n) is 35.2. The predicted molar refractivity (Wildman–Crippen MR) is 221 cm³/mol. The van der Waals surface area contributed by atoms with E-state index in [4.69, 9.17) is 28.4 Å². The van der Waals surface area contributed by atoms with Gasteiger partial charge in [-0.1, -0.05) is 0 Å². The maximum Gasteiger partial charge on any atom is 0.341 e. The van der Waals surface area contributed by atoms with Crippen molar-refractivity contribution in [2.45, 2.75) is 76.7 Å². The number of carbonyl (C=O) groups is 2. The maximum atomic E-state index is 12.4. The van der Waals surface area contributed by atoms with Crippen molar-refractivity contribution in [1.82, 2.24) is 9.13 Å². The van der Waals surface area contributed by atoms with Crippen LogP contribution >= 0.6 is 0 Å². The minimum Gasteiger partial charge on any atom is -0.493 e. The molecular weight excluding hydrogens is 780 g/mol. The first kappa shape index (κ1) is 45.4. The number of nitrogens with zero attached hydrogens (tertiary/aromatic N) is 2. The van der Waals surface area contributed by atoms with Crippen LogP contribution in [0.15, 0.2) is 58.4 Å². The molecule has 0 aliphatic carbocycles. The van der Waals surface area contributed by atoms with Crippen LogP contribution in [-0.2, 0) is 22.3 Å². The summed E-state index contributed by atoms with van der Waals surface area (Å²) in [5.41, 5.74) is 0.154. The van der Waals surface area contributed by atoms with Gasteiger partial charge in [-0.2, -0.15) is 0 Å². The van der Waals surface area contributed by atoms with Crippen LogP contribution in [0.5, 0.6) is 23.0 Å². The second-order valence-corrected chi connectivity index (χ2v) is 15.8. The van der Waals surface area contributed by atoms with Crippen molar-refractivity contribution in [3.8, 4) is 45.5 Å². The molecule has 16 heteroatoms. The van der Waals surface area contributed by atoms with Gasteiger partial charge in [-0.25, -0.2) is 9.59 Å². The molecule has 0 radical (unpaired) electrons. The zero-order valence-corrected chi connectivity index (χ0v) is 35.2. The van der Waals surface area contributed by atoms with Gasteiger partial charge >= 0.3 is 11.9 Å². The largest absolute Gasteiger partial charge is 0.493 e. The maximum absolute atomic E-state index is 12.4. The summed E-state index contributed by atoms with van der Waals surface area (Å²) in [6, 6.07) is 8.97. The second kappa shape index (κ2) is 18.7. The molecule has 2 aliphatic rings. The fourth-order valence-electron chi connectivity index (χ4n) is 7.50. The number of hydrogen-bond donors (Lipinski definition) is 4. The van der Waals surface area contributed by atoms with Gasteiger partial charge in [0.25, 0.3) is 0 Å². The van der Waals surface area contributed by atoms with Crippen LogP contribution < -0.4 is 29.8 Å². The summed E-state index contributed by atoms with van der Waals surface area (Å²) in [5, 5.41) is 40.3. The third kappa shape index (κ3) is 9.84. The number of carboxylic acid groups (broad SMARTS) is 2. The van der Waals surface area contributed by atoms with E-state index in [0.717, 1.165) is 35.1 Å². The van der Waals surface area contributed by atoms with E-state index >= 15 is 0 Å². The number of hydrogen-bond acceptors (Lipinski definition) is 12. The Morgan fingerprint density at radius 1 is 0.600 bits per heavy atom. The van der Waals surface area contributed by atoms with Gasteiger partial charge in [-0.3, -0.25) is 9.59 Å². The van der Waals surface area contributed by atoms with Crippen LogP contribution in [0.1, 0.15) is 84.5 Å². The first-order valence-electron chi connectivity index (χ1n) is 19.4. The molecule has 0 unspecified atom stereocenters.